The maximum absolute atomic E-state index is 13.2. The number of aromatic nitrogens is 4. The minimum atomic E-state index is -0.0277. The van der Waals surface area contributed by atoms with Crippen LogP contribution in [0.3, 0.4) is 0 Å². The lowest BCUT2D eigenvalue weighted by Gasteiger charge is -2.35. The highest BCUT2D eigenvalue weighted by atomic mass is 16.5. The molecule has 31 heavy (non-hydrogen) atoms. The molecule has 1 aliphatic heterocycles. The summed E-state index contributed by atoms with van der Waals surface area (Å²) in [6, 6.07) is 3.60. The van der Waals surface area contributed by atoms with Gasteiger partial charge in [-0.2, -0.15) is 5.10 Å². The van der Waals surface area contributed by atoms with E-state index in [0.717, 1.165) is 22.4 Å². The summed E-state index contributed by atoms with van der Waals surface area (Å²) in [7, 11) is 5.03. The molecule has 9 heteroatoms. The summed E-state index contributed by atoms with van der Waals surface area (Å²) in [5.74, 6) is 2.00. The van der Waals surface area contributed by atoms with Crippen molar-refractivity contribution in [3.63, 3.8) is 0 Å². The lowest BCUT2D eigenvalue weighted by atomic mass is 10.0. The van der Waals surface area contributed by atoms with E-state index >= 15 is 0 Å². The fourth-order valence-corrected chi connectivity index (χ4v) is 3.98. The molecule has 1 saturated heterocycles. The second-order valence-corrected chi connectivity index (χ2v) is 7.35. The zero-order chi connectivity index (χ0) is 22.0. The Kier molecular flexibility index (Phi) is 5.75. The molecule has 162 valence electrons. The molecule has 9 nitrogen and oxygen atoms in total. The number of benzene rings is 1. The molecule has 1 aliphatic rings. The first-order valence-electron chi connectivity index (χ1n) is 10.1. The van der Waals surface area contributed by atoms with E-state index in [-0.39, 0.29) is 5.91 Å². The Labute approximate surface area is 180 Å². The summed E-state index contributed by atoms with van der Waals surface area (Å²) in [5.41, 5.74) is 2.25. The largest absolute Gasteiger partial charge is 0.493 e. The molecule has 0 aliphatic carbocycles. The van der Waals surface area contributed by atoms with Gasteiger partial charge in [-0.25, -0.2) is 9.97 Å². The molecule has 4 rings (SSSR count). The number of carbonyl (C=O) groups is 1. The molecule has 0 unspecified atom stereocenters. The first-order chi connectivity index (χ1) is 15.1. The summed E-state index contributed by atoms with van der Waals surface area (Å²) >= 11 is 0. The third kappa shape index (κ3) is 3.78. The van der Waals surface area contributed by atoms with Gasteiger partial charge in [-0.1, -0.05) is 6.08 Å². The minimum absolute atomic E-state index is 0.0277. The van der Waals surface area contributed by atoms with Crippen molar-refractivity contribution in [1.82, 2.24) is 24.6 Å². The van der Waals surface area contributed by atoms with Crippen molar-refractivity contribution < 1.29 is 14.3 Å². The van der Waals surface area contributed by atoms with Gasteiger partial charge in [0.15, 0.2) is 17.1 Å². The Balaban J connectivity index is 1.53. The molecule has 0 N–H and O–H groups in total. The average molecular weight is 422 g/mol. The van der Waals surface area contributed by atoms with Gasteiger partial charge in [-0.05, 0) is 18.6 Å². The number of carbonyl (C=O) groups excluding carboxylic acids is 1. The summed E-state index contributed by atoms with van der Waals surface area (Å²) in [4.78, 5) is 26.0. The third-order valence-electron chi connectivity index (χ3n) is 5.54. The maximum atomic E-state index is 13.2. The number of hydrogen-bond acceptors (Lipinski definition) is 7. The summed E-state index contributed by atoms with van der Waals surface area (Å²) in [5, 5.41) is 5.20. The van der Waals surface area contributed by atoms with Crippen molar-refractivity contribution in [3.8, 4) is 11.5 Å². The number of nitrogens with zero attached hydrogens (tertiary/aromatic N) is 6. The zero-order valence-electron chi connectivity index (χ0n) is 18.0. The van der Waals surface area contributed by atoms with Crippen molar-refractivity contribution in [2.24, 2.45) is 7.05 Å². The van der Waals surface area contributed by atoms with E-state index in [4.69, 9.17) is 9.47 Å². The van der Waals surface area contributed by atoms with Crippen LogP contribution >= 0.6 is 0 Å². The standard InChI is InChI=1S/C22H26N6O3/c1-5-6-15-11-16(12-18(30-3)19(15)31-4)22(29)28-9-7-27(8-10-28)21-17-13-25-26(2)20(17)23-14-24-21/h5,11-14H,1,6-10H2,2-4H3. The molecule has 1 fully saturated rings. The first kappa shape index (κ1) is 20.6. The lowest BCUT2D eigenvalue weighted by molar-refractivity contribution is 0.0746. The van der Waals surface area contributed by atoms with Crippen molar-refractivity contribution in [2.45, 2.75) is 6.42 Å². The SMILES string of the molecule is C=CCc1cc(C(=O)N2CCN(c3ncnc4c3cnn4C)CC2)cc(OC)c1OC. The molecule has 0 saturated carbocycles. The number of fused-ring (bicyclic) bond motifs is 1. The van der Waals surface area contributed by atoms with E-state index in [1.165, 1.54) is 0 Å². The Morgan fingerprint density at radius 2 is 1.94 bits per heavy atom. The highest BCUT2D eigenvalue weighted by Gasteiger charge is 2.26. The van der Waals surface area contributed by atoms with E-state index in [1.807, 2.05) is 18.0 Å². The topological polar surface area (TPSA) is 85.6 Å². The average Bonchev–Trinajstić information content (AvgIpc) is 3.19. The zero-order valence-corrected chi connectivity index (χ0v) is 18.0. The van der Waals surface area contributed by atoms with Crippen LogP contribution in [-0.2, 0) is 13.5 Å². The molecule has 1 aromatic carbocycles. The number of anilines is 1. The number of rotatable bonds is 6. The number of aryl methyl sites for hydroxylation is 1. The molecule has 0 atom stereocenters. The van der Waals surface area contributed by atoms with Crippen molar-refractivity contribution in [2.75, 3.05) is 45.3 Å². The van der Waals surface area contributed by atoms with Gasteiger partial charge in [0.25, 0.3) is 5.91 Å². The van der Waals surface area contributed by atoms with Crippen LogP contribution in [0.25, 0.3) is 11.0 Å². The Bertz CT molecular complexity index is 1120. The number of piperazine rings is 1. The maximum Gasteiger partial charge on any atom is 0.254 e. The van der Waals surface area contributed by atoms with Gasteiger partial charge in [0, 0.05) is 44.4 Å². The van der Waals surface area contributed by atoms with Gasteiger partial charge in [-0.3, -0.25) is 9.48 Å². The van der Waals surface area contributed by atoms with Crippen LogP contribution in [0.4, 0.5) is 5.82 Å². The van der Waals surface area contributed by atoms with Gasteiger partial charge in [0.1, 0.15) is 12.1 Å². The summed E-state index contributed by atoms with van der Waals surface area (Å²) in [6.07, 6.45) is 5.71. The molecule has 0 bridgehead atoms. The van der Waals surface area contributed by atoms with Crippen molar-refractivity contribution in [3.05, 3.63) is 48.4 Å². The molecule has 2 aromatic heterocycles. The number of hydrogen-bond donors (Lipinski definition) is 0. The van der Waals surface area contributed by atoms with Gasteiger partial charge in [0.05, 0.1) is 25.8 Å². The van der Waals surface area contributed by atoms with E-state index in [1.54, 1.807) is 43.6 Å². The van der Waals surface area contributed by atoms with Gasteiger partial charge >= 0.3 is 0 Å². The van der Waals surface area contributed by atoms with Gasteiger partial charge in [0.2, 0.25) is 0 Å². The normalized spacial score (nSPS) is 14.0. The van der Waals surface area contributed by atoms with E-state index in [2.05, 4.69) is 26.5 Å². The Morgan fingerprint density at radius 3 is 2.61 bits per heavy atom. The van der Waals surface area contributed by atoms with Gasteiger partial charge in [-0.15, -0.1) is 6.58 Å². The highest BCUT2D eigenvalue weighted by molar-refractivity contribution is 5.95. The number of methoxy groups -OCH3 is 2. The second-order valence-electron chi connectivity index (χ2n) is 7.35. The summed E-state index contributed by atoms with van der Waals surface area (Å²) < 4.78 is 12.7. The fraction of sp³-hybridized carbons (Fsp3) is 0.364. The number of allylic oxidation sites excluding steroid dienone is 1. The van der Waals surface area contributed by atoms with Crippen LogP contribution in [0.5, 0.6) is 11.5 Å². The lowest BCUT2D eigenvalue weighted by Crippen LogP contribution is -2.49. The van der Waals surface area contributed by atoms with Crippen LogP contribution in [0.15, 0.2) is 37.3 Å². The predicted octanol–water partition coefficient (Wildman–Crippen LogP) is 2.07. The molecular weight excluding hydrogens is 396 g/mol. The molecule has 0 radical (unpaired) electrons. The predicted molar refractivity (Wildman–Crippen MR) is 118 cm³/mol. The molecule has 3 aromatic rings. The van der Waals surface area contributed by atoms with Crippen LogP contribution in [0.2, 0.25) is 0 Å². The van der Waals surface area contributed by atoms with E-state index in [9.17, 15) is 4.79 Å². The smallest absolute Gasteiger partial charge is 0.254 e. The first-order valence-corrected chi connectivity index (χ1v) is 10.1. The number of ether oxygens (including phenoxy) is 2. The Morgan fingerprint density at radius 1 is 1.16 bits per heavy atom. The van der Waals surface area contributed by atoms with Crippen LogP contribution in [-0.4, -0.2) is 71.0 Å². The van der Waals surface area contributed by atoms with Crippen molar-refractivity contribution in [1.29, 1.82) is 0 Å². The van der Waals surface area contributed by atoms with Crippen LogP contribution in [0.1, 0.15) is 15.9 Å². The molecule has 1 amide bonds. The quantitative estimate of drug-likeness (QED) is 0.562. The monoisotopic (exact) mass is 422 g/mol. The molecule has 0 spiro atoms. The fourth-order valence-electron chi connectivity index (χ4n) is 3.98. The van der Waals surface area contributed by atoms with E-state index < -0.39 is 0 Å². The van der Waals surface area contributed by atoms with Crippen LogP contribution in [0, 0.1) is 0 Å². The number of amides is 1. The highest BCUT2D eigenvalue weighted by Crippen LogP contribution is 2.34. The third-order valence-corrected chi connectivity index (χ3v) is 5.54. The van der Waals surface area contributed by atoms with Crippen molar-refractivity contribution >= 4 is 22.8 Å². The molecule has 3 heterocycles. The minimum Gasteiger partial charge on any atom is -0.493 e. The van der Waals surface area contributed by atoms with Crippen LogP contribution < -0.4 is 14.4 Å². The second kappa shape index (κ2) is 8.63. The summed E-state index contributed by atoms with van der Waals surface area (Å²) in [6.45, 7) is 6.34. The van der Waals surface area contributed by atoms with Gasteiger partial charge < -0.3 is 19.3 Å². The Hall–Kier alpha value is -3.62. The molecular formula is C22H26N6O3. The van der Waals surface area contributed by atoms with E-state index in [0.29, 0.717) is 49.7 Å².